The summed E-state index contributed by atoms with van der Waals surface area (Å²) in [6.45, 7) is 3.60. The van der Waals surface area contributed by atoms with Crippen molar-refractivity contribution in [1.29, 1.82) is 5.26 Å². The van der Waals surface area contributed by atoms with Crippen molar-refractivity contribution < 1.29 is 0 Å². The second-order valence-electron chi connectivity index (χ2n) is 4.83. The van der Waals surface area contributed by atoms with Gasteiger partial charge in [-0.15, -0.1) is 0 Å². The third kappa shape index (κ3) is 2.48. The van der Waals surface area contributed by atoms with Crippen molar-refractivity contribution in [3.63, 3.8) is 0 Å². The Morgan fingerprint density at radius 3 is 2.36 bits per heavy atom. The van der Waals surface area contributed by atoms with Crippen LogP contribution >= 0.6 is 0 Å². The average Bonchev–Trinajstić information content (AvgIpc) is 2.16. The molecule has 0 radical (unpaired) electrons. The first-order valence-corrected chi connectivity index (χ1v) is 6.00. The number of piperidine rings is 1. The van der Waals surface area contributed by atoms with Crippen LogP contribution in [0.25, 0.3) is 0 Å². The lowest BCUT2D eigenvalue weighted by atomic mass is 9.83. The van der Waals surface area contributed by atoms with Crippen molar-refractivity contribution >= 4 is 0 Å². The summed E-state index contributed by atoms with van der Waals surface area (Å²) in [6.07, 6.45) is 7.99. The van der Waals surface area contributed by atoms with Gasteiger partial charge in [-0.1, -0.05) is 19.3 Å². The SMILES string of the molecule is N#CC1CCN(CCC2CCC2)CC1. The molecule has 0 unspecified atom stereocenters. The zero-order valence-electron chi connectivity index (χ0n) is 8.91. The maximum Gasteiger partial charge on any atom is 0.0656 e. The van der Waals surface area contributed by atoms with Crippen LogP contribution in [0.15, 0.2) is 0 Å². The third-order valence-corrected chi connectivity index (χ3v) is 3.85. The van der Waals surface area contributed by atoms with Crippen molar-refractivity contribution in [2.45, 2.75) is 38.5 Å². The predicted octanol–water partition coefficient (Wildman–Crippen LogP) is 2.41. The monoisotopic (exact) mass is 192 g/mol. The fraction of sp³-hybridized carbons (Fsp3) is 0.917. The Morgan fingerprint density at radius 2 is 1.86 bits per heavy atom. The van der Waals surface area contributed by atoms with Crippen LogP contribution < -0.4 is 0 Å². The summed E-state index contributed by atoms with van der Waals surface area (Å²) in [5.74, 6) is 1.37. The molecule has 78 valence electrons. The average molecular weight is 192 g/mol. The standard InChI is InChI=1S/C12H20N2/c13-10-12-5-8-14(9-6-12)7-4-11-2-1-3-11/h11-12H,1-9H2. The van der Waals surface area contributed by atoms with E-state index >= 15 is 0 Å². The van der Waals surface area contributed by atoms with Gasteiger partial charge in [0.2, 0.25) is 0 Å². The Balaban J connectivity index is 1.61. The van der Waals surface area contributed by atoms with E-state index in [1.165, 1.54) is 32.2 Å². The minimum absolute atomic E-state index is 0.343. The van der Waals surface area contributed by atoms with Crippen molar-refractivity contribution in [2.75, 3.05) is 19.6 Å². The first-order chi connectivity index (χ1) is 6.88. The zero-order chi connectivity index (χ0) is 9.80. The summed E-state index contributed by atoms with van der Waals surface area (Å²) in [5.41, 5.74) is 0. The second kappa shape index (κ2) is 4.79. The molecule has 1 saturated carbocycles. The van der Waals surface area contributed by atoms with Gasteiger partial charge in [-0.25, -0.2) is 0 Å². The van der Waals surface area contributed by atoms with Crippen LogP contribution in [0, 0.1) is 23.2 Å². The summed E-state index contributed by atoms with van der Waals surface area (Å²) in [6, 6.07) is 2.38. The second-order valence-corrected chi connectivity index (χ2v) is 4.83. The Bertz CT molecular complexity index is 207. The first-order valence-electron chi connectivity index (χ1n) is 6.00. The van der Waals surface area contributed by atoms with Gasteiger partial charge >= 0.3 is 0 Å². The van der Waals surface area contributed by atoms with Gasteiger partial charge in [0.15, 0.2) is 0 Å². The number of hydrogen-bond acceptors (Lipinski definition) is 2. The summed E-state index contributed by atoms with van der Waals surface area (Å²) >= 11 is 0. The van der Waals surface area contributed by atoms with Gasteiger partial charge in [0.05, 0.1) is 6.07 Å². The first kappa shape index (κ1) is 9.98. The molecule has 2 nitrogen and oxygen atoms in total. The Labute approximate surface area is 86.9 Å². The van der Waals surface area contributed by atoms with Crippen LogP contribution in [0.1, 0.15) is 38.5 Å². The molecule has 1 saturated heterocycles. The minimum atomic E-state index is 0.343. The molecule has 1 aliphatic carbocycles. The van der Waals surface area contributed by atoms with Crippen LogP contribution in [0.4, 0.5) is 0 Å². The summed E-state index contributed by atoms with van der Waals surface area (Å²) in [4.78, 5) is 2.55. The molecule has 0 aromatic carbocycles. The summed E-state index contributed by atoms with van der Waals surface area (Å²) in [5, 5.41) is 8.77. The molecule has 2 rings (SSSR count). The smallest absolute Gasteiger partial charge is 0.0656 e. The van der Waals surface area contributed by atoms with E-state index in [1.807, 2.05) is 0 Å². The highest BCUT2D eigenvalue weighted by Crippen LogP contribution is 2.29. The molecule has 0 aromatic heterocycles. The lowest BCUT2D eigenvalue weighted by Gasteiger charge is -2.32. The van der Waals surface area contributed by atoms with Gasteiger partial charge in [0.1, 0.15) is 0 Å². The van der Waals surface area contributed by atoms with E-state index in [-0.39, 0.29) is 0 Å². The van der Waals surface area contributed by atoms with E-state index in [0.717, 1.165) is 31.8 Å². The Hall–Kier alpha value is -0.550. The van der Waals surface area contributed by atoms with Gasteiger partial charge in [0, 0.05) is 5.92 Å². The molecular weight excluding hydrogens is 172 g/mol. The highest BCUT2D eigenvalue weighted by Gasteiger charge is 2.21. The fourth-order valence-corrected chi connectivity index (χ4v) is 2.43. The molecule has 14 heavy (non-hydrogen) atoms. The van der Waals surface area contributed by atoms with E-state index in [4.69, 9.17) is 5.26 Å². The Morgan fingerprint density at radius 1 is 1.14 bits per heavy atom. The van der Waals surface area contributed by atoms with Crippen LogP contribution in [0.3, 0.4) is 0 Å². The van der Waals surface area contributed by atoms with Gasteiger partial charge in [-0.05, 0) is 44.8 Å². The topological polar surface area (TPSA) is 27.0 Å². The molecule has 2 aliphatic rings. The van der Waals surface area contributed by atoms with E-state index in [1.54, 1.807) is 0 Å². The van der Waals surface area contributed by atoms with Gasteiger partial charge < -0.3 is 4.90 Å². The normalized spacial score (nSPS) is 25.6. The van der Waals surface area contributed by atoms with E-state index in [2.05, 4.69) is 11.0 Å². The van der Waals surface area contributed by atoms with Gasteiger partial charge in [-0.3, -0.25) is 0 Å². The highest BCUT2D eigenvalue weighted by atomic mass is 15.1. The zero-order valence-corrected chi connectivity index (χ0v) is 8.91. The van der Waals surface area contributed by atoms with E-state index < -0.39 is 0 Å². The van der Waals surface area contributed by atoms with Gasteiger partial charge in [0.25, 0.3) is 0 Å². The van der Waals surface area contributed by atoms with Crippen LogP contribution in [-0.2, 0) is 0 Å². The minimum Gasteiger partial charge on any atom is -0.303 e. The van der Waals surface area contributed by atoms with Crippen LogP contribution in [-0.4, -0.2) is 24.5 Å². The molecule has 0 spiro atoms. The van der Waals surface area contributed by atoms with Crippen LogP contribution in [0.5, 0.6) is 0 Å². The molecule has 0 atom stereocenters. The third-order valence-electron chi connectivity index (χ3n) is 3.85. The lowest BCUT2D eigenvalue weighted by Crippen LogP contribution is -2.35. The van der Waals surface area contributed by atoms with E-state index in [0.29, 0.717) is 5.92 Å². The number of hydrogen-bond donors (Lipinski definition) is 0. The lowest BCUT2D eigenvalue weighted by molar-refractivity contribution is 0.174. The number of rotatable bonds is 3. The molecule has 0 amide bonds. The van der Waals surface area contributed by atoms with Crippen molar-refractivity contribution in [2.24, 2.45) is 11.8 Å². The molecular formula is C12H20N2. The number of nitrogens with zero attached hydrogens (tertiary/aromatic N) is 2. The molecule has 0 aromatic rings. The Kier molecular flexibility index (Phi) is 3.42. The molecule has 1 heterocycles. The maximum absolute atomic E-state index is 8.77. The van der Waals surface area contributed by atoms with Crippen molar-refractivity contribution in [1.82, 2.24) is 4.90 Å². The van der Waals surface area contributed by atoms with Crippen molar-refractivity contribution in [3.8, 4) is 6.07 Å². The quantitative estimate of drug-likeness (QED) is 0.686. The maximum atomic E-state index is 8.77. The number of nitriles is 1. The number of likely N-dealkylation sites (tertiary alicyclic amines) is 1. The highest BCUT2D eigenvalue weighted by molar-refractivity contribution is 4.87. The summed E-state index contributed by atoms with van der Waals surface area (Å²) in [7, 11) is 0. The molecule has 0 bridgehead atoms. The largest absolute Gasteiger partial charge is 0.303 e. The van der Waals surface area contributed by atoms with Gasteiger partial charge in [-0.2, -0.15) is 5.26 Å². The fourth-order valence-electron chi connectivity index (χ4n) is 2.43. The summed E-state index contributed by atoms with van der Waals surface area (Å²) < 4.78 is 0. The molecule has 0 N–H and O–H groups in total. The van der Waals surface area contributed by atoms with Crippen molar-refractivity contribution in [3.05, 3.63) is 0 Å². The van der Waals surface area contributed by atoms with Crippen LogP contribution in [0.2, 0.25) is 0 Å². The molecule has 1 aliphatic heterocycles. The molecule has 2 fully saturated rings. The predicted molar refractivity (Wildman–Crippen MR) is 56.7 cm³/mol. The van der Waals surface area contributed by atoms with E-state index in [9.17, 15) is 0 Å². The molecule has 2 heteroatoms.